The molecule has 1 aliphatic heterocycles. The third-order valence-electron chi connectivity index (χ3n) is 2.85. The van der Waals surface area contributed by atoms with Crippen molar-refractivity contribution in [3.05, 3.63) is 0 Å². The maximum atomic E-state index is 11.6. The quantitative estimate of drug-likeness (QED) is 0.504. The molecule has 0 aromatic heterocycles. The normalized spacial score (nSPS) is 35.9. The van der Waals surface area contributed by atoms with E-state index in [2.05, 4.69) is 0 Å². The fourth-order valence-corrected chi connectivity index (χ4v) is 2.12. The fraction of sp³-hybridized carbons (Fsp3) is 0.900. The van der Waals surface area contributed by atoms with Gasteiger partial charge in [-0.05, 0) is 12.8 Å². The Morgan fingerprint density at radius 3 is 2.36 bits per heavy atom. The molecule has 4 heteroatoms. The molecule has 2 atom stereocenters. The van der Waals surface area contributed by atoms with E-state index in [0.29, 0.717) is 6.61 Å². The third kappa shape index (κ3) is 1.33. The van der Waals surface area contributed by atoms with Crippen molar-refractivity contribution in [2.75, 3.05) is 20.8 Å². The predicted octanol–water partition coefficient (Wildman–Crippen LogP) is 0.990. The summed E-state index contributed by atoms with van der Waals surface area (Å²) < 4.78 is 15.3. The van der Waals surface area contributed by atoms with E-state index in [1.54, 1.807) is 7.11 Å². The molecule has 1 rings (SSSR count). The molecule has 1 saturated heterocycles. The maximum absolute atomic E-state index is 11.6. The molecule has 0 spiro atoms. The highest BCUT2D eigenvalue weighted by atomic mass is 16.7. The molecular weight excluding hydrogens is 184 g/mol. The van der Waals surface area contributed by atoms with Gasteiger partial charge in [-0.15, -0.1) is 0 Å². The Labute approximate surface area is 84.5 Å². The van der Waals surface area contributed by atoms with Gasteiger partial charge < -0.3 is 14.2 Å². The summed E-state index contributed by atoms with van der Waals surface area (Å²) in [5.41, 5.74) is -1.36. The van der Waals surface area contributed by atoms with E-state index < -0.39 is 11.2 Å². The van der Waals surface area contributed by atoms with E-state index in [9.17, 15) is 4.79 Å². The van der Waals surface area contributed by atoms with E-state index in [-0.39, 0.29) is 11.9 Å². The van der Waals surface area contributed by atoms with Crippen LogP contribution in [0.1, 0.15) is 20.8 Å². The van der Waals surface area contributed by atoms with Crippen LogP contribution in [0, 0.1) is 5.92 Å². The molecule has 2 unspecified atom stereocenters. The second kappa shape index (κ2) is 3.51. The number of hydrogen-bond acceptors (Lipinski definition) is 4. The first-order valence-electron chi connectivity index (χ1n) is 4.72. The van der Waals surface area contributed by atoms with Crippen molar-refractivity contribution in [2.24, 2.45) is 5.92 Å². The van der Waals surface area contributed by atoms with Crippen LogP contribution in [0.4, 0.5) is 0 Å². The molecule has 1 heterocycles. The summed E-state index contributed by atoms with van der Waals surface area (Å²) >= 11 is 0. The van der Waals surface area contributed by atoms with E-state index in [1.165, 1.54) is 7.11 Å². The van der Waals surface area contributed by atoms with Crippen LogP contribution in [-0.4, -0.2) is 38.0 Å². The standard InChI is InChI=1S/C10H18O4/c1-7(2)10(8(11)13-5)9(3,14-10)6-12-4/h7H,6H2,1-5H3. The minimum Gasteiger partial charge on any atom is -0.467 e. The van der Waals surface area contributed by atoms with Crippen LogP contribution < -0.4 is 0 Å². The lowest BCUT2D eigenvalue weighted by Gasteiger charge is -2.17. The number of epoxide rings is 1. The lowest BCUT2D eigenvalue weighted by molar-refractivity contribution is -0.148. The molecule has 1 fully saturated rings. The molecule has 0 aliphatic carbocycles. The highest BCUT2D eigenvalue weighted by Gasteiger charge is 2.74. The number of carbonyl (C=O) groups is 1. The van der Waals surface area contributed by atoms with Crippen LogP contribution in [0.5, 0.6) is 0 Å². The van der Waals surface area contributed by atoms with Crippen molar-refractivity contribution >= 4 is 5.97 Å². The number of esters is 1. The Morgan fingerprint density at radius 1 is 1.43 bits per heavy atom. The number of carbonyl (C=O) groups excluding carboxylic acids is 1. The van der Waals surface area contributed by atoms with E-state index >= 15 is 0 Å². The zero-order chi connectivity index (χ0) is 11.0. The topological polar surface area (TPSA) is 48.1 Å². The monoisotopic (exact) mass is 202 g/mol. The lowest BCUT2D eigenvalue weighted by atomic mass is 9.85. The lowest BCUT2D eigenvalue weighted by Crippen LogP contribution is -2.40. The number of methoxy groups -OCH3 is 2. The number of ether oxygens (including phenoxy) is 3. The van der Waals surface area contributed by atoms with Gasteiger partial charge in [-0.1, -0.05) is 13.8 Å². The average Bonchev–Trinajstić information content (AvgIpc) is 2.73. The second-order valence-electron chi connectivity index (χ2n) is 4.15. The van der Waals surface area contributed by atoms with Crippen molar-refractivity contribution in [2.45, 2.75) is 32.0 Å². The summed E-state index contributed by atoms with van der Waals surface area (Å²) in [7, 11) is 2.97. The van der Waals surface area contributed by atoms with E-state index in [1.807, 2.05) is 20.8 Å². The molecule has 0 saturated carbocycles. The van der Waals surface area contributed by atoms with E-state index in [4.69, 9.17) is 14.2 Å². The molecule has 0 radical (unpaired) electrons. The Hall–Kier alpha value is -0.610. The molecule has 0 N–H and O–H groups in total. The second-order valence-corrected chi connectivity index (χ2v) is 4.15. The fourth-order valence-electron chi connectivity index (χ4n) is 2.12. The van der Waals surface area contributed by atoms with Gasteiger partial charge in [0.05, 0.1) is 13.7 Å². The van der Waals surface area contributed by atoms with Crippen LogP contribution in [0.15, 0.2) is 0 Å². The highest BCUT2D eigenvalue weighted by molar-refractivity contribution is 5.85. The molecule has 0 aromatic carbocycles. The van der Waals surface area contributed by atoms with Gasteiger partial charge in [0.25, 0.3) is 0 Å². The Morgan fingerprint density at radius 2 is 2.00 bits per heavy atom. The zero-order valence-corrected chi connectivity index (χ0v) is 9.42. The van der Waals surface area contributed by atoms with Crippen molar-refractivity contribution in [3.8, 4) is 0 Å². The summed E-state index contributed by atoms with van der Waals surface area (Å²) in [6.07, 6.45) is 0. The Bertz CT molecular complexity index is 238. The largest absolute Gasteiger partial charge is 0.467 e. The minimum absolute atomic E-state index is 0.0788. The maximum Gasteiger partial charge on any atom is 0.341 e. The van der Waals surface area contributed by atoms with Crippen LogP contribution >= 0.6 is 0 Å². The van der Waals surface area contributed by atoms with Crippen molar-refractivity contribution in [3.63, 3.8) is 0 Å². The first-order chi connectivity index (χ1) is 6.44. The van der Waals surface area contributed by atoms with Crippen molar-refractivity contribution in [1.29, 1.82) is 0 Å². The van der Waals surface area contributed by atoms with Gasteiger partial charge in [-0.3, -0.25) is 0 Å². The molecule has 0 aromatic rings. The molecular formula is C10H18O4. The Kier molecular flexibility index (Phi) is 2.88. The smallest absolute Gasteiger partial charge is 0.341 e. The molecule has 14 heavy (non-hydrogen) atoms. The van der Waals surface area contributed by atoms with Crippen LogP contribution in [0.2, 0.25) is 0 Å². The molecule has 4 nitrogen and oxygen atoms in total. The Balaban J connectivity index is 2.85. The summed E-state index contributed by atoms with van der Waals surface area (Å²) in [6.45, 7) is 6.16. The predicted molar refractivity (Wildman–Crippen MR) is 51.0 cm³/mol. The van der Waals surface area contributed by atoms with Gasteiger partial charge >= 0.3 is 5.97 Å². The number of hydrogen-bond donors (Lipinski definition) is 0. The summed E-state index contributed by atoms with van der Waals surface area (Å²) in [6, 6.07) is 0. The molecule has 1 aliphatic rings. The first-order valence-corrected chi connectivity index (χ1v) is 4.72. The average molecular weight is 202 g/mol. The molecule has 0 amide bonds. The van der Waals surface area contributed by atoms with Crippen molar-refractivity contribution < 1.29 is 19.0 Å². The summed E-state index contributed by atoms with van der Waals surface area (Å²) in [5.74, 6) is -0.234. The van der Waals surface area contributed by atoms with Gasteiger partial charge in [0.1, 0.15) is 5.60 Å². The zero-order valence-electron chi connectivity index (χ0n) is 9.42. The molecule has 82 valence electrons. The van der Waals surface area contributed by atoms with Crippen molar-refractivity contribution in [1.82, 2.24) is 0 Å². The van der Waals surface area contributed by atoms with Gasteiger partial charge in [0, 0.05) is 7.11 Å². The molecule has 0 bridgehead atoms. The first kappa shape index (κ1) is 11.5. The van der Waals surface area contributed by atoms with Gasteiger partial charge in [-0.25, -0.2) is 4.79 Å². The van der Waals surface area contributed by atoms with Crippen LogP contribution in [-0.2, 0) is 19.0 Å². The van der Waals surface area contributed by atoms with Crippen LogP contribution in [0.3, 0.4) is 0 Å². The van der Waals surface area contributed by atoms with Gasteiger partial charge in [0.2, 0.25) is 0 Å². The van der Waals surface area contributed by atoms with E-state index in [0.717, 1.165) is 0 Å². The minimum atomic E-state index is -0.822. The number of rotatable bonds is 4. The highest BCUT2D eigenvalue weighted by Crippen LogP contribution is 2.53. The summed E-state index contributed by atoms with van der Waals surface area (Å²) in [5, 5.41) is 0. The van der Waals surface area contributed by atoms with Gasteiger partial charge in [0.15, 0.2) is 5.60 Å². The van der Waals surface area contributed by atoms with Crippen LogP contribution in [0.25, 0.3) is 0 Å². The summed E-state index contributed by atoms with van der Waals surface area (Å²) in [4.78, 5) is 11.6. The SMILES string of the molecule is COCC1(C)OC1(C(=O)OC)C(C)C. The van der Waals surface area contributed by atoms with Gasteiger partial charge in [-0.2, -0.15) is 0 Å². The third-order valence-corrected chi connectivity index (χ3v) is 2.85.